The Labute approximate surface area is 99.1 Å². The Morgan fingerprint density at radius 3 is 2.56 bits per heavy atom. The molecule has 86 valence electrons. The van der Waals surface area contributed by atoms with E-state index in [2.05, 4.69) is 30.3 Å². The van der Waals surface area contributed by atoms with E-state index >= 15 is 0 Å². The predicted octanol–water partition coefficient (Wildman–Crippen LogP) is 4.45. The molecule has 2 bridgehead atoms. The molecule has 1 aromatic carbocycles. The van der Waals surface area contributed by atoms with E-state index in [1.807, 2.05) is 0 Å². The third kappa shape index (κ3) is 2.16. The van der Waals surface area contributed by atoms with E-state index in [1.165, 1.54) is 24.8 Å². The van der Waals surface area contributed by atoms with Crippen molar-refractivity contribution in [1.29, 1.82) is 0 Å². The lowest BCUT2D eigenvalue weighted by atomic mass is 9.85. The highest BCUT2D eigenvalue weighted by atomic mass is 14.4. The summed E-state index contributed by atoms with van der Waals surface area (Å²) >= 11 is 0. The molecule has 0 saturated heterocycles. The lowest BCUT2D eigenvalue weighted by molar-refractivity contribution is 0.308. The molecule has 2 fully saturated rings. The van der Waals surface area contributed by atoms with Crippen molar-refractivity contribution in [1.82, 2.24) is 0 Å². The molecule has 0 nitrogen and oxygen atoms in total. The fraction of sp³-hybridized carbons (Fsp3) is 0.625. The zero-order chi connectivity index (χ0) is 10.8. The van der Waals surface area contributed by atoms with Crippen LogP contribution in [0.1, 0.15) is 44.1 Å². The molecule has 1 aromatic rings. The average molecular weight is 214 g/mol. The second kappa shape index (κ2) is 4.61. The summed E-state index contributed by atoms with van der Waals surface area (Å²) in [4.78, 5) is 0. The van der Waals surface area contributed by atoms with Crippen LogP contribution in [0.15, 0.2) is 30.3 Å². The molecule has 0 aliphatic heterocycles. The maximum absolute atomic E-state index is 2.26. The zero-order valence-corrected chi connectivity index (χ0v) is 10.1. The third-order valence-corrected chi connectivity index (χ3v) is 4.77. The third-order valence-electron chi connectivity index (χ3n) is 4.77. The van der Waals surface area contributed by atoms with Crippen LogP contribution in [0.5, 0.6) is 0 Å². The van der Waals surface area contributed by atoms with Crippen LogP contribution in [0.2, 0.25) is 0 Å². The minimum absolute atomic E-state index is 1.09. The average Bonchev–Trinajstić information content (AvgIpc) is 2.92. The summed E-state index contributed by atoms with van der Waals surface area (Å²) in [6.45, 7) is 0. The second-order valence-corrected chi connectivity index (χ2v) is 5.81. The molecule has 0 spiro atoms. The maximum atomic E-state index is 2.26. The molecule has 0 heteroatoms. The van der Waals surface area contributed by atoms with Gasteiger partial charge in [-0.05, 0) is 61.8 Å². The van der Waals surface area contributed by atoms with Crippen LogP contribution in [0.25, 0.3) is 0 Å². The molecule has 0 unspecified atom stereocenters. The summed E-state index contributed by atoms with van der Waals surface area (Å²) < 4.78 is 0. The van der Waals surface area contributed by atoms with Crippen LogP contribution in [0.4, 0.5) is 0 Å². The Hall–Kier alpha value is -0.780. The van der Waals surface area contributed by atoms with Crippen molar-refractivity contribution < 1.29 is 0 Å². The van der Waals surface area contributed by atoms with Crippen molar-refractivity contribution in [2.75, 3.05) is 0 Å². The Morgan fingerprint density at radius 1 is 1.00 bits per heavy atom. The van der Waals surface area contributed by atoms with Gasteiger partial charge in [-0.15, -0.1) is 0 Å². The molecule has 0 heterocycles. The SMILES string of the molecule is c1ccc(CCC[C@@H]2C[C@H]3CC[C@@H]2C3)cc1. The van der Waals surface area contributed by atoms with Crippen molar-refractivity contribution in [2.24, 2.45) is 17.8 Å². The van der Waals surface area contributed by atoms with E-state index in [1.54, 1.807) is 25.7 Å². The molecule has 0 aromatic heterocycles. The summed E-state index contributed by atoms with van der Waals surface area (Å²) in [5.74, 6) is 3.31. The van der Waals surface area contributed by atoms with Crippen LogP contribution < -0.4 is 0 Å². The number of benzene rings is 1. The van der Waals surface area contributed by atoms with Gasteiger partial charge < -0.3 is 0 Å². The fourth-order valence-electron chi connectivity index (χ4n) is 3.94. The number of hydrogen-bond donors (Lipinski definition) is 0. The number of aryl methyl sites for hydroxylation is 1. The standard InChI is InChI=1S/C16H22/c1-2-5-13(6-3-1)7-4-8-15-11-14-9-10-16(15)12-14/h1-3,5-6,14-16H,4,7-12H2/t14-,15-,16-/m1/s1. The zero-order valence-electron chi connectivity index (χ0n) is 10.1. The van der Waals surface area contributed by atoms with Gasteiger partial charge in [0, 0.05) is 0 Å². The number of rotatable bonds is 4. The van der Waals surface area contributed by atoms with E-state index in [0.717, 1.165) is 17.8 Å². The van der Waals surface area contributed by atoms with Gasteiger partial charge in [0.15, 0.2) is 0 Å². The molecule has 0 N–H and O–H groups in total. The minimum Gasteiger partial charge on any atom is -0.0622 e. The Bertz CT molecular complexity index is 327. The van der Waals surface area contributed by atoms with Gasteiger partial charge in [0.05, 0.1) is 0 Å². The van der Waals surface area contributed by atoms with Crippen molar-refractivity contribution >= 4 is 0 Å². The van der Waals surface area contributed by atoms with Gasteiger partial charge in [0.1, 0.15) is 0 Å². The summed E-state index contributed by atoms with van der Waals surface area (Å²) in [6.07, 6.45) is 10.4. The molecule has 3 atom stereocenters. The highest BCUT2D eigenvalue weighted by molar-refractivity contribution is 5.14. The fourth-order valence-corrected chi connectivity index (χ4v) is 3.94. The minimum atomic E-state index is 1.09. The Kier molecular flexibility index (Phi) is 2.99. The van der Waals surface area contributed by atoms with Crippen LogP contribution in [0, 0.1) is 17.8 Å². The molecule has 16 heavy (non-hydrogen) atoms. The van der Waals surface area contributed by atoms with Crippen LogP contribution in [-0.2, 0) is 6.42 Å². The van der Waals surface area contributed by atoms with Gasteiger partial charge in [-0.2, -0.15) is 0 Å². The smallest absolute Gasteiger partial charge is 0.0279 e. The van der Waals surface area contributed by atoms with E-state index in [-0.39, 0.29) is 0 Å². The Balaban J connectivity index is 1.44. The van der Waals surface area contributed by atoms with Crippen molar-refractivity contribution in [3.8, 4) is 0 Å². The topological polar surface area (TPSA) is 0 Å². The van der Waals surface area contributed by atoms with E-state index in [4.69, 9.17) is 0 Å². The molecule has 2 aliphatic rings. The van der Waals surface area contributed by atoms with Gasteiger partial charge in [-0.1, -0.05) is 36.8 Å². The molecule has 3 rings (SSSR count). The molecular formula is C16H22. The van der Waals surface area contributed by atoms with Crippen LogP contribution >= 0.6 is 0 Å². The van der Waals surface area contributed by atoms with Gasteiger partial charge >= 0.3 is 0 Å². The van der Waals surface area contributed by atoms with Crippen LogP contribution in [-0.4, -0.2) is 0 Å². The first-order chi connectivity index (χ1) is 7.92. The molecule has 0 amide bonds. The quantitative estimate of drug-likeness (QED) is 0.695. The van der Waals surface area contributed by atoms with Gasteiger partial charge in [0.25, 0.3) is 0 Å². The first-order valence-corrected chi connectivity index (χ1v) is 6.96. The highest BCUT2D eigenvalue weighted by Gasteiger charge is 2.38. The van der Waals surface area contributed by atoms with Crippen molar-refractivity contribution in [3.05, 3.63) is 35.9 Å². The largest absolute Gasteiger partial charge is 0.0622 e. The summed E-state index contributed by atoms with van der Waals surface area (Å²) in [5.41, 5.74) is 1.52. The molecular weight excluding hydrogens is 192 g/mol. The lowest BCUT2D eigenvalue weighted by Crippen LogP contribution is -2.10. The second-order valence-electron chi connectivity index (χ2n) is 5.81. The summed E-state index contributed by atoms with van der Waals surface area (Å²) in [5, 5.41) is 0. The van der Waals surface area contributed by atoms with E-state index in [0.29, 0.717) is 0 Å². The highest BCUT2D eigenvalue weighted by Crippen LogP contribution is 2.49. The van der Waals surface area contributed by atoms with E-state index in [9.17, 15) is 0 Å². The monoisotopic (exact) mass is 214 g/mol. The molecule has 0 radical (unpaired) electrons. The normalized spacial score (nSPS) is 32.1. The predicted molar refractivity (Wildman–Crippen MR) is 68.3 cm³/mol. The van der Waals surface area contributed by atoms with E-state index < -0.39 is 0 Å². The number of fused-ring (bicyclic) bond motifs is 2. The van der Waals surface area contributed by atoms with Gasteiger partial charge in [-0.3, -0.25) is 0 Å². The van der Waals surface area contributed by atoms with Gasteiger partial charge in [0.2, 0.25) is 0 Å². The van der Waals surface area contributed by atoms with Gasteiger partial charge in [-0.25, -0.2) is 0 Å². The first-order valence-electron chi connectivity index (χ1n) is 6.96. The molecule has 2 aliphatic carbocycles. The first kappa shape index (κ1) is 10.4. The Morgan fingerprint density at radius 2 is 1.88 bits per heavy atom. The molecule has 2 saturated carbocycles. The van der Waals surface area contributed by atoms with Crippen molar-refractivity contribution in [2.45, 2.75) is 44.9 Å². The summed E-state index contributed by atoms with van der Waals surface area (Å²) in [7, 11) is 0. The van der Waals surface area contributed by atoms with Crippen molar-refractivity contribution in [3.63, 3.8) is 0 Å². The number of hydrogen-bond acceptors (Lipinski definition) is 0. The maximum Gasteiger partial charge on any atom is -0.0279 e. The lowest BCUT2D eigenvalue weighted by Gasteiger charge is -2.21. The summed E-state index contributed by atoms with van der Waals surface area (Å²) in [6, 6.07) is 11.0. The van der Waals surface area contributed by atoms with Crippen LogP contribution in [0.3, 0.4) is 0 Å².